The first-order valence-electron chi connectivity index (χ1n) is 8.73. The molecule has 1 unspecified atom stereocenters. The van der Waals surface area contributed by atoms with Crippen molar-refractivity contribution < 1.29 is 13.2 Å². The maximum absolute atomic E-state index is 12.4. The average molecular weight is 370 g/mol. The summed E-state index contributed by atoms with van der Waals surface area (Å²) in [4.78, 5) is 27.6. The van der Waals surface area contributed by atoms with E-state index >= 15 is 0 Å². The molecule has 6 rings (SSSR count). The minimum Gasteiger partial charge on any atom is -0.345 e. The van der Waals surface area contributed by atoms with E-state index in [4.69, 9.17) is 0 Å². The van der Waals surface area contributed by atoms with E-state index in [1.54, 1.807) is 6.07 Å². The molecule has 3 aliphatic carbocycles. The number of fused-ring (bicyclic) bond motifs is 1. The van der Waals surface area contributed by atoms with Crippen LogP contribution in [0, 0.1) is 5.92 Å². The van der Waals surface area contributed by atoms with Crippen LogP contribution in [0.25, 0.3) is 10.9 Å². The zero-order valence-electron chi connectivity index (χ0n) is 14.0. The lowest BCUT2D eigenvalue weighted by Crippen LogP contribution is -2.55. The second kappa shape index (κ2) is 5.07. The summed E-state index contributed by atoms with van der Waals surface area (Å²) in [5.41, 5.74) is 1.84. The lowest BCUT2D eigenvalue weighted by atomic mass is 9.42. The number of H-pyrrole nitrogens is 1. The Bertz CT molecular complexity index is 1130. The number of hydrogen-bond acceptors (Lipinski definition) is 4. The maximum atomic E-state index is 12.4. The quantitative estimate of drug-likeness (QED) is 0.858. The van der Waals surface area contributed by atoms with Crippen molar-refractivity contribution in [2.45, 2.75) is 30.7 Å². The number of sulfone groups is 1. The van der Waals surface area contributed by atoms with Crippen molar-refractivity contribution in [2.75, 3.05) is 5.75 Å². The molecule has 0 radical (unpaired) electrons. The van der Waals surface area contributed by atoms with Gasteiger partial charge in [-0.2, -0.15) is 0 Å². The minimum atomic E-state index is -3.26. The fourth-order valence-corrected chi connectivity index (χ4v) is 5.68. The monoisotopic (exact) mass is 370 g/mol. The lowest BCUT2D eigenvalue weighted by molar-refractivity contribution is -0.0273. The molecule has 2 heterocycles. The van der Waals surface area contributed by atoms with Gasteiger partial charge in [0.1, 0.15) is 5.56 Å². The third kappa shape index (κ3) is 2.34. The van der Waals surface area contributed by atoms with Crippen LogP contribution in [-0.2, 0) is 15.3 Å². The fraction of sp³-hybridized carbons (Fsp3) is 0.368. The van der Waals surface area contributed by atoms with Crippen molar-refractivity contribution in [2.24, 2.45) is 5.92 Å². The van der Waals surface area contributed by atoms with Crippen LogP contribution in [0.4, 0.5) is 0 Å². The molecule has 1 amide bonds. The summed E-state index contributed by atoms with van der Waals surface area (Å²) in [6.45, 7) is 0. The Labute approximate surface area is 150 Å². The van der Waals surface area contributed by atoms with E-state index in [2.05, 4.69) is 16.4 Å². The smallest absolute Gasteiger partial charge is 0.261 e. The zero-order chi connectivity index (χ0) is 18.1. The van der Waals surface area contributed by atoms with Gasteiger partial charge in [0.05, 0.1) is 11.8 Å². The molecule has 2 aromatic rings. The number of carbonyl (C=O) groups is 1. The summed E-state index contributed by atoms with van der Waals surface area (Å²) >= 11 is 0. The van der Waals surface area contributed by atoms with Gasteiger partial charge in [-0.05, 0) is 59.8 Å². The molecule has 1 aliphatic heterocycles. The first-order chi connectivity index (χ1) is 12.3. The van der Waals surface area contributed by atoms with Crippen LogP contribution in [0.5, 0.6) is 0 Å². The van der Waals surface area contributed by atoms with Gasteiger partial charge in [0.2, 0.25) is 0 Å². The first kappa shape index (κ1) is 15.8. The number of rotatable bonds is 3. The number of aromatic amines is 1. The average Bonchev–Trinajstić information content (AvgIpc) is 2.82. The van der Waals surface area contributed by atoms with E-state index in [1.807, 2.05) is 12.1 Å². The number of hydrogen-bond donors (Lipinski definition) is 2. The lowest BCUT2D eigenvalue weighted by Gasteiger charge is -2.62. The zero-order valence-corrected chi connectivity index (χ0v) is 14.8. The van der Waals surface area contributed by atoms with E-state index in [0.29, 0.717) is 5.41 Å². The molecule has 26 heavy (non-hydrogen) atoms. The van der Waals surface area contributed by atoms with Crippen molar-refractivity contribution in [1.82, 2.24) is 10.3 Å². The predicted octanol–water partition coefficient (Wildman–Crippen LogP) is 1.62. The van der Waals surface area contributed by atoms with Gasteiger partial charge in [-0.15, -0.1) is 0 Å². The molecule has 7 heteroatoms. The van der Waals surface area contributed by atoms with Gasteiger partial charge in [-0.25, -0.2) is 8.42 Å². The summed E-state index contributed by atoms with van der Waals surface area (Å²) in [5, 5.41) is 4.48. The molecule has 0 saturated heterocycles. The molecule has 3 fully saturated rings. The summed E-state index contributed by atoms with van der Waals surface area (Å²) in [6, 6.07) is 7.03. The highest BCUT2D eigenvalue weighted by molar-refractivity contribution is 7.94. The van der Waals surface area contributed by atoms with E-state index in [9.17, 15) is 18.0 Å². The number of aromatic nitrogens is 1. The van der Waals surface area contributed by atoms with E-state index in [1.165, 1.54) is 30.9 Å². The van der Waals surface area contributed by atoms with E-state index in [0.717, 1.165) is 22.2 Å². The second-order valence-corrected chi connectivity index (χ2v) is 9.74. The molecule has 1 aromatic carbocycles. The van der Waals surface area contributed by atoms with Crippen LogP contribution in [-0.4, -0.2) is 31.1 Å². The highest BCUT2D eigenvalue weighted by Crippen LogP contribution is 2.65. The molecule has 6 nitrogen and oxygen atoms in total. The Morgan fingerprint density at radius 1 is 1.19 bits per heavy atom. The number of amides is 1. The topological polar surface area (TPSA) is 96.1 Å². The van der Waals surface area contributed by atoms with Crippen LogP contribution in [0.2, 0.25) is 0 Å². The van der Waals surface area contributed by atoms with Crippen molar-refractivity contribution in [3.05, 3.63) is 57.2 Å². The van der Waals surface area contributed by atoms with Gasteiger partial charge >= 0.3 is 0 Å². The summed E-state index contributed by atoms with van der Waals surface area (Å²) < 4.78 is 22.9. The molecule has 0 spiro atoms. The van der Waals surface area contributed by atoms with Crippen LogP contribution in [0.3, 0.4) is 0 Å². The molecule has 1 atom stereocenters. The van der Waals surface area contributed by atoms with Gasteiger partial charge in [-0.1, -0.05) is 12.1 Å². The van der Waals surface area contributed by atoms with Gasteiger partial charge in [0, 0.05) is 10.9 Å². The molecule has 1 aromatic heterocycles. The molecule has 4 aliphatic rings. The SMILES string of the molecule is O=C(NC1C=CS(=O)(=O)C1)c1cc2ccc(C34CC(C3)C4)cc2[nH]c1=O. The molecular formula is C19H18N2O4S. The van der Waals surface area contributed by atoms with Gasteiger partial charge in [0.15, 0.2) is 9.84 Å². The Kier molecular flexibility index (Phi) is 3.08. The largest absolute Gasteiger partial charge is 0.345 e. The third-order valence-electron chi connectivity index (χ3n) is 5.99. The summed E-state index contributed by atoms with van der Waals surface area (Å²) in [5.74, 6) is 0.143. The highest BCUT2D eigenvalue weighted by Gasteiger charge is 2.57. The standard InChI is InChI=1S/C19H18N2O4S/c22-17(20-14-3-4-26(24,25)10-14)15-5-12-1-2-13(6-16(12)21-18(15)23)19-7-11(8-19)9-19/h1-6,11,14H,7-10H2,(H,20,22)(H,21,23). The van der Waals surface area contributed by atoms with Gasteiger partial charge < -0.3 is 10.3 Å². The number of carbonyl (C=O) groups excluding carboxylic acids is 1. The minimum absolute atomic E-state index is 0.00605. The number of benzene rings is 1. The number of nitrogens with one attached hydrogen (secondary N) is 2. The molecule has 2 bridgehead atoms. The molecule has 3 saturated carbocycles. The Morgan fingerprint density at radius 2 is 1.96 bits per heavy atom. The Balaban J connectivity index is 1.44. The fourth-order valence-electron chi connectivity index (χ4n) is 4.44. The summed E-state index contributed by atoms with van der Waals surface area (Å²) in [6.07, 6.45) is 5.14. The van der Waals surface area contributed by atoms with Crippen LogP contribution >= 0.6 is 0 Å². The van der Waals surface area contributed by atoms with Crippen LogP contribution < -0.4 is 10.9 Å². The predicted molar refractivity (Wildman–Crippen MR) is 97.8 cm³/mol. The maximum Gasteiger partial charge on any atom is 0.261 e. The second-order valence-electron chi connectivity index (χ2n) is 7.81. The van der Waals surface area contributed by atoms with E-state index < -0.39 is 27.3 Å². The highest BCUT2D eigenvalue weighted by atomic mass is 32.2. The summed E-state index contributed by atoms with van der Waals surface area (Å²) in [7, 11) is -3.26. The van der Waals surface area contributed by atoms with Crippen molar-refractivity contribution >= 4 is 26.6 Å². The first-order valence-corrected chi connectivity index (χ1v) is 10.4. The normalized spacial score (nSPS) is 30.6. The van der Waals surface area contributed by atoms with E-state index in [-0.39, 0.29) is 11.3 Å². The molecular weight excluding hydrogens is 352 g/mol. The third-order valence-corrected chi connectivity index (χ3v) is 7.38. The van der Waals surface area contributed by atoms with Gasteiger partial charge in [0.25, 0.3) is 11.5 Å². The van der Waals surface area contributed by atoms with Crippen LogP contribution in [0.1, 0.15) is 35.2 Å². The van der Waals surface area contributed by atoms with Crippen molar-refractivity contribution in [1.29, 1.82) is 0 Å². The molecule has 134 valence electrons. The number of pyridine rings is 1. The van der Waals surface area contributed by atoms with Gasteiger partial charge in [-0.3, -0.25) is 9.59 Å². The van der Waals surface area contributed by atoms with Crippen molar-refractivity contribution in [3.8, 4) is 0 Å². The Hall–Kier alpha value is -2.41. The van der Waals surface area contributed by atoms with Crippen LogP contribution in [0.15, 0.2) is 40.5 Å². The Morgan fingerprint density at radius 3 is 2.58 bits per heavy atom. The van der Waals surface area contributed by atoms with Crippen molar-refractivity contribution in [3.63, 3.8) is 0 Å². The molecule has 2 N–H and O–H groups in total.